The Labute approximate surface area is 235 Å². The smallest absolute Gasteiger partial charge is 0.128 e. The van der Waals surface area contributed by atoms with Crippen molar-refractivity contribution in [2.75, 3.05) is 49.1 Å². The molecule has 6 heterocycles. The zero-order chi connectivity index (χ0) is 27.7. The number of hydrogen-bond acceptors (Lipinski definition) is 8. The van der Waals surface area contributed by atoms with Crippen LogP contribution in [0.4, 0.5) is 5.82 Å². The van der Waals surface area contributed by atoms with Gasteiger partial charge in [0.1, 0.15) is 11.9 Å². The standard InChI is InChI=1S/C29H35N9OS/c1-21(2)15-35-40(39)11-9-36(10-12-40)28-4-3-22(16-32-28)27-13-23(19-38-29(27)24(14-30)17-34-38)25-18-33-37(20-25)26-5-7-31-8-6-26/h3-4,13,16-21,26,31H,5-12,15H2,1-2H3. The van der Waals surface area contributed by atoms with Gasteiger partial charge in [-0.2, -0.15) is 15.5 Å². The molecule has 0 aromatic carbocycles. The van der Waals surface area contributed by atoms with Crippen LogP contribution < -0.4 is 10.2 Å². The Hall–Kier alpha value is -3.75. The van der Waals surface area contributed by atoms with Crippen LogP contribution in [-0.4, -0.2) is 72.8 Å². The Morgan fingerprint density at radius 3 is 2.58 bits per heavy atom. The maximum absolute atomic E-state index is 13.1. The molecule has 11 heteroatoms. The SMILES string of the molecule is CC(C)CN=S1(=O)CCN(c2ccc(-c3cc(-c4cnn(C5CCNCC5)c4)cn4ncc(C#N)c34)cn2)CC1. The van der Waals surface area contributed by atoms with Gasteiger partial charge in [-0.3, -0.25) is 4.68 Å². The minimum absolute atomic E-state index is 0.400. The highest BCUT2D eigenvalue weighted by atomic mass is 32.2. The number of piperidine rings is 1. The number of nitriles is 1. The van der Waals surface area contributed by atoms with Crippen molar-refractivity contribution in [2.24, 2.45) is 10.3 Å². The molecule has 10 nitrogen and oxygen atoms in total. The normalized spacial score (nSPS) is 17.8. The second-order valence-electron chi connectivity index (χ2n) is 11.1. The maximum Gasteiger partial charge on any atom is 0.128 e. The van der Waals surface area contributed by atoms with E-state index >= 15 is 0 Å². The molecule has 0 atom stereocenters. The largest absolute Gasteiger partial charge is 0.355 e. The van der Waals surface area contributed by atoms with E-state index < -0.39 is 9.73 Å². The van der Waals surface area contributed by atoms with Crippen LogP contribution in [0.2, 0.25) is 0 Å². The molecular weight excluding hydrogens is 522 g/mol. The Kier molecular flexibility index (Phi) is 7.29. The van der Waals surface area contributed by atoms with Gasteiger partial charge in [0.15, 0.2) is 0 Å². The number of pyridine rings is 2. The summed E-state index contributed by atoms with van der Waals surface area (Å²) in [6, 6.07) is 8.84. The monoisotopic (exact) mass is 557 g/mol. The van der Waals surface area contributed by atoms with Crippen LogP contribution >= 0.6 is 0 Å². The highest BCUT2D eigenvalue weighted by Crippen LogP contribution is 2.33. The van der Waals surface area contributed by atoms with Crippen LogP contribution in [0, 0.1) is 17.2 Å². The molecule has 0 radical (unpaired) electrons. The molecule has 4 aromatic heterocycles. The van der Waals surface area contributed by atoms with Gasteiger partial charge in [0.2, 0.25) is 0 Å². The quantitative estimate of drug-likeness (QED) is 0.381. The topological polar surface area (TPSA) is 117 Å². The molecule has 0 saturated carbocycles. The van der Waals surface area contributed by atoms with Crippen LogP contribution in [0.15, 0.2) is 53.5 Å². The average Bonchev–Trinajstić information content (AvgIpc) is 3.65. The summed E-state index contributed by atoms with van der Waals surface area (Å²) in [6.45, 7) is 8.21. The van der Waals surface area contributed by atoms with Crippen LogP contribution in [0.1, 0.15) is 38.3 Å². The minimum atomic E-state index is -2.13. The Morgan fingerprint density at radius 1 is 1.07 bits per heavy atom. The van der Waals surface area contributed by atoms with Crippen molar-refractivity contribution >= 4 is 21.1 Å². The fourth-order valence-corrected chi connectivity index (χ4v) is 7.48. The maximum atomic E-state index is 13.1. The summed E-state index contributed by atoms with van der Waals surface area (Å²) < 4.78 is 21.5. The van der Waals surface area contributed by atoms with Crippen molar-refractivity contribution in [3.05, 3.63) is 54.7 Å². The van der Waals surface area contributed by atoms with E-state index in [1.165, 1.54) is 0 Å². The summed E-state index contributed by atoms with van der Waals surface area (Å²) in [7, 11) is -2.13. The highest BCUT2D eigenvalue weighted by Gasteiger charge is 2.22. The molecule has 0 unspecified atom stereocenters. The first-order chi connectivity index (χ1) is 19.4. The van der Waals surface area contributed by atoms with E-state index in [1.54, 1.807) is 10.7 Å². The summed E-state index contributed by atoms with van der Waals surface area (Å²) in [5, 5.41) is 22.3. The lowest BCUT2D eigenvalue weighted by molar-refractivity contribution is 0.343. The van der Waals surface area contributed by atoms with Crippen molar-refractivity contribution in [1.82, 2.24) is 29.7 Å². The Morgan fingerprint density at radius 2 is 1.88 bits per heavy atom. The number of aromatic nitrogens is 5. The third kappa shape index (κ3) is 5.33. The number of fused-ring (bicyclic) bond motifs is 1. The van der Waals surface area contributed by atoms with Gasteiger partial charge < -0.3 is 10.2 Å². The third-order valence-corrected chi connectivity index (χ3v) is 10.0. The third-order valence-electron chi connectivity index (χ3n) is 7.77. The van der Waals surface area contributed by atoms with Crippen LogP contribution in [-0.2, 0) is 9.73 Å². The Bertz CT molecular complexity index is 1650. The van der Waals surface area contributed by atoms with Gasteiger partial charge in [-0.1, -0.05) is 13.8 Å². The number of rotatable bonds is 6. The number of nitrogens with one attached hydrogen (secondary N) is 1. The summed E-state index contributed by atoms with van der Waals surface area (Å²) in [5.41, 5.74) is 5.08. The lowest BCUT2D eigenvalue weighted by Gasteiger charge is -2.30. The summed E-state index contributed by atoms with van der Waals surface area (Å²) in [6.07, 6.45) is 11.6. The summed E-state index contributed by atoms with van der Waals surface area (Å²) in [4.78, 5) is 6.96. The number of nitrogens with zero attached hydrogens (tertiary/aromatic N) is 8. The van der Waals surface area contributed by atoms with E-state index in [2.05, 4.69) is 61.6 Å². The Balaban J connectivity index is 1.29. The molecule has 0 spiro atoms. The molecule has 2 aliphatic heterocycles. The van der Waals surface area contributed by atoms with Gasteiger partial charge >= 0.3 is 0 Å². The average molecular weight is 558 g/mol. The molecule has 2 fully saturated rings. The minimum Gasteiger partial charge on any atom is -0.355 e. The highest BCUT2D eigenvalue weighted by molar-refractivity contribution is 7.93. The van der Waals surface area contributed by atoms with Gasteiger partial charge in [-0.15, -0.1) is 0 Å². The van der Waals surface area contributed by atoms with Crippen molar-refractivity contribution in [3.63, 3.8) is 0 Å². The molecule has 0 amide bonds. The van der Waals surface area contributed by atoms with E-state index in [1.807, 2.05) is 30.7 Å². The van der Waals surface area contributed by atoms with E-state index in [0.29, 0.717) is 48.7 Å². The predicted octanol–water partition coefficient (Wildman–Crippen LogP) is 4.00. The zero-order valence-corrected chi connectivity index (χ0v) is 23.8. The van der Waals surface area contributed by atoms with Crippen molar-refractivity contribution in [3.8, 4) is 28.3 Å². The van der Waals surface area contributed by atoms with Crippen LogP contribution in [0.5, 0.6) is 0 Å². The second-order valence-corrected chi connectivity index (χ2v) is 13.7. The molecule has 208 valence electrons. The first-order valence-electron chi connectivity index (χ1n) is 14.0. The summed E-state index contributed by atoms with van der Waals surface area (Å²) in [5.74, 6) is 2.41. The van der Waals surface area contributed by atoms with Gasteiger partial charge in [-0.05, 0) is 50.0 Å². The first kappa shape index (κ1) is 26.5. The van der Waals surface area contributed by atoms with E-state index in [9.17, 15) is 9.47 Å². The van der Waals surface area contributed by atoms with E-state index in [-0.39, 0.29) is 0 Å². The van der Waals surface area contributed by atoms with Crippen LogP contribution in [0.3, 0.4) is 0 Å². The molecule has 0 bridgehead atoms. The lowest BCUT2D eigenvalue weighted by Crippen LogP contribution is -2.40. The molecule has 40 heavy (non-hydrogen) atoms. The predicted molar refractivity (Wildman–Crippen MR) is 158 cm³/mol. The molecule has 4 aromatic rings. The molecule has 0 aliphatic carbocycles. The molecule has 6 rings (SSSR count). The van der Waals surface area contributed by atoms with Gasteiger partial charge in [0.05, 0.1) is 45.8 Å². The molecule has 1 N–H and O–H groups in total. The zero-order valence-electron chi connectivity index (χ0n) is 23.0. The molecule has 2 saturated heterocycles. The van der Waals surface area contributed by atoms with Gasteiger partial charge in [0.25, 0.3) is 0 Å². The van der Waals surface area contributed by atoms with Gasteiger partial charge in [-0.25, -0.2) is 18.1 Å². The second kappa shape index (κ2) is 11.0. The fraction of sp³-hybridized carbons (Fsp3) is 0.448. The molecule has 2 aliphatic rings. The van der Waals surface area contributed by atoms with E-state index in [0.717, 1.165) is 59.5 Å². The van der Waals surface area contributed by atoms with Gasteiger partial charge in [0, 0.05) is 65.4 Å². The van der Waals surface area contributed by atoms with Crippen molar-refractivity contribution in [1.29, 1.82) is 5.26 Å². The number of hydrogen-bond donors (Lipinski definition) is 1. The molecular formula is C29H35N9OS. The van der Waals surface area contributed by atoms with Crippen molar-refractivity contribution < 1.29 is 4.21 Å². The summed E-state index contributed by atoms with van der Waals surface area (Å²) >= 11 is 0. The number of anilines is 1. The lowest BCUT2D eigenvalue weighted by atomic mass is 10.0. The van der Waals surface area contributed by atoms with Crippen molar-refractivity contribution in [2.45, 2.75) is 32.7 Å². The fourth-order valence-electron chi connectivity index (χ4n) is 5.43. The van der Waals surface area contributed by atoms with E-state index in [4.69, 9.17) is 4.98 Å². The first-order valence-corrected chi connectivity index (χ1v) is 15.8. The van der Waals surface area contributed by atoms with Crippen LogP contribution in [0.25, 0.3) is 27.8 Å².